The highest BCUT2D eigenvalue weighted by molar-refractivity contribution is 5.10. The second-order valence-corrected chi connectivity index (χ2v) is 11.4. The zero-order valence-electron chi connectivity index (χ0n) is 17.6. The van der Waals surface area contributed by atoms with Crippen molar-refractivity contribution in [3.63, 3.8) is 0 Å². The summed E-state index contributed by atoms with van der Waals surface area (Å²) >= 11 is 0. The molecule has 1 heteroatoms. The fourth-order valence-corrected chi connectivity index (χ4v) is 8.92. The number of likely N-dealkylation sites (tertiary alicyclic amines) is 1. The van der Waals surface area contributed by atoms with Gasteiger partial charge in [0.2, 0.25) is 0 Å². The lowest BCUT2D eigenvalue weighted by Gasteiger charge is -2.51. The molecule has 1 saturated heterocycles. The van der Waals surface area contributed by atoms with E-state index in [0.29, 0.717) is 0 Å². The Morgan fingerprint density at radius 2 is 1.19 bits per heavy atom. The van der Waals surface area contributed by atoms with Gasteiger partial charge in [-0.1, -0.05) is 46.0 Å². The third kappa shape index (κ3) is 2.90. The molecule has 0 aromatic heterocycles. The number of rotatable bonds is 1. The van der Waals surface area contributed by atoms with Gasteiger partial charge < -0.3 is 4.90 Å². The molecule has 0 aromatic rings. The predicted octanol–water partition coefficient (Wildman–Crippen LogP) is 6.52. The maximum absolute atomic E-state index is 2.95. The number of hydrogen-bond acceptors (Lipinski definition) is 1. The zero-order valence-corrected chi connectivity index (χ0v) is 17.6. The van der Waals surface area contributed by atoms with Crippen LogP contribution in [-0.2, 0) is 0 Å². The minimum atomic E-state index is 0.754. The molecule has 6 atom stereocenters. The summed E-state index contributed by atoms with van der Waals surface area (Å²) in [4.78, 5) is 2.95. The maximum Gasteiger partial charge on any atom is 0.00952 e. The highest BCUT2D eigenvalue weighted by Crippen LogP contribution is 2.67. The number of hydrogen-bond donors (Lipinski definition) is 0. The lowest BCUT2D eigenvalue weighted by molar-refractivity contribution is -0.0236. The van der Waals surface area contributed by atoms with Crippen molar-refractivity contribution < 1.29 is 0 Å². The van der Waals surface area contributed by atoms with E-state index in [2.05, 4.69) is 18.7 Å². The third-order valence-corrected chi connectivity index (χ3v) is 10.2. The van der Waals surface area contributed by atoms with Crippen LogP contribution >= 0.6 is 0 Å². The van der Waals surface area contributed by atoms with Crippen molar-refractivity contribution in [3.05, 3.63) is 0 Å². The van der Waals surface area contributed by atoms with Crippen LogP contribution in [0, 0.1) is 40.9 Å². The van der Waals surface area contributed by atoms with Gasteiger partial charge in [-0.15, -0.1) is 0 Å². The van der Waals surface area contributed by atoms with Gasteiger partial charge >= 0.3 is 0 Å². The first-order chi connectivity index (χ1) is 12.7. The Hall–Kier alpha value is -0.0400. The molecule has 6 unspecified atom stereocenters. The summed E-state index contributed by atoms with van der Waals surface area (Å²) in [5.74, 6) is 6.43. The van der Waals surface area contributed by atoms with Crippen molar-refractivity contribution in [2.45, 2.75) is 103 Å². The molecule has 26 heavy (non-hydrogen) atoms. The number of fused-ring (bicyclic) bond motifs is 5. The third-order valence-electron chi connectivity index (χ3n) is 10.2. The molecule has 5 aliphatic rings. The Kier molecular flexibility index (Phi) is 4.91. The summed E-state index contributed by atoms with van der Waals surface area (Å²) in [7, 11) is 0. The van der Waals surface area contributed by atoms with E-state index in [4.69, 9.17) is 0 Å². The fourth-order valence-electron chi connectivity index (χ4n) is 8.92. The first-order valence-corrected chi connectivity index (χ1v) is 12.4. The molecule has 1 heterocycles. The van der Waals surface area contributed by atoms with E-state index in [-0.39, 0.29) is 0 Å². The molecular formula is C25H43N. The van der Waals surface area contributed by atoms with E-state index in [0.717, 1.165) is 47.0 Å². The average Bonchev–Trinajstić information content (AvgIpc) is 2.92. The van der Waals surface area contributed by atoms with Gasteiger partial charge in [-0.05, 0) is 105 Å². The van der Waals surface area contributed by atoms with Gasteiger partial charge in [-0.25, -0.2) is 0 Å². The summed E-state index contributed by atoms with van der Waals surface area (Å²) in [6.07, 6.45) is 20.0. The van der Waals surface area contributed by atoms with Crippen LogP contribution < -0.4 is 0 Å². The van der Waals surface area contributed by atoms with Crippen LogP contribution in [0.2, 0.25) is 0 Å². The normalized spacial score (nSPS) is 46.8. The van der Waals surface area contributed by atoms with E-state index in [1.807, 2.05) is 0 Å². The maximum atomic E-state index is 2.95. The second-order valence-electron chi connectivity index (χ2n) is 11.4. The highest BCUT2D eigenvalue weighted by Gasteiger charge is 2.61. The van der Waals surface area contributed by atoms with Gasteiger partial charge in [0, 0.05) is 6.04 Å². The molecule has 148 valence electrons. The molecular weight excluding hydrogens is 314 g/mol. The van der Waals surface area contributed by atoms with Gasteiger partial charge in [-0.3, -0.25) is 0 Å². The van der Waals surface area contributed by atoms with Crippen LogP contribution in [-0.4, -0.2) is 24.0 Å². The van der Waals surface area contributed by atoms with Crippen LogP contribution in [0.1, 0.15) is 97.3 Å². The largest absolute Gasteiger partial charge is 0.300 e. The predicted molar refractivity (Wildman–Crippen MR) is 110 cm³/mol. The van der Waals surface area contributed by atoms with Crippen molar-refractivity contribution in [2.75, 3.05) is 13.1 Å². The molecule has 0 bridgehead atoms. The Morgan fingerprint density at radius 1 is 0.654 bits per heavy atom. The van der Waals surface area contributed by atoms with Crippen LogP contribution in [0.3, 0.4) is 0 Å². The van der Waals surface area contributed by atoms with Crippen molar-refractivity contribution in [1.82, 2.24) is 4.90 Å². The lowest BCUT2D eigenvalue weighted by Crippen LogP contribution is -2.50. The first kappa shape index (κ1) is 18.0. The molecule has 0 aromatic carbocycles. The van der Waals surface area contributed by atoms with E-state index in [9.17, 15) is 0 Å². The molecule has 1 aliphatic heterocycles. The lowest BCUT2D eigenvalue weighted by atomic mass is 9.59. The smallest absolute Gasteiger partial charge is 0.00952 e. The molecule has 0 N–H and O–H groups in total. The minimum Gasteiger partial charge on any atom is -0.300 e. The number of nitrogens with zero attached hydrogens (tertiary/aromatic N) is 1. The van der Waals surface area contributed by atoms with Crippen molar-refractivity contribution >= 4 is 0 Å². The van der Waals surface area contributed by atoms with Crippen LogP contribution in [0.5, 0.6) is 0 Å². The summed E-state index contributed by atoms with van der Waals surface area (Å²) in [6, 6.07) is 0.949. The van der Waals surface area contributed by atoms with Gasteiger partial charge in [0.1, 0.15) is 0 Å². The van der Waals surface area contributed by atoms with E-state index >= 15 is 0 Å². The van der Waals surface area contributed by atoms with E-state index in [1.54, 1.807) is 38.5 Å². The minimum absolute atomic E-state index is 0.754. The van der Waals surface area contributed by atoms with Gasteiger partial charge in [0.15, 0.2) is 0 Å². The van der Waals surface area contributed by atoms with E-state index < -0.39 is 0 Å². The molecule has 5 rings (SSSR count). The SMILES string of the molecule is CC1CCC2C3CCC(C)CC3C3(CCN(C4CCCCC4)CC3)C2C1. The highest BCUT2D eigenvalue weighted by atomic mass is 15.2. The first-order valence-electron chi connectivity index (χ1n) is 12.4. The van der Waals surface area contributed by atoms with Crippen LogP contribution in [0.15, 0.2) is 0 Å². The molecule has 4 saturated carbocycles. The Balaban J connectivity index is 1.37. The summed E-state index contributed by atoms with van der Waals surface area (Å²) in [5.41, 5.74) is 0.754. The standard InChI is InChI=1S/C25H43N/c1-18-8-10-21-22-11-9-19(2)17-24(22)25(23(21)16-18)12-14-26(15-13-25)20-6-4-3-5-7-20/h18-24H,3-17H2,1-2H3. The van der Waals surface area contributed by atoms with Gasteiger partial charge in [-0.2, -0.15) is 0 Å². The number of piperidine rings is 1. The molecule has 4 aliphatic carbocycles. The Labute approximate surface area is 162 Å². The van der Waals surface area contributed by atoms with E-state index in [1.165, 1.54) is 58.0 Å². The van der Waals surface area contributed by atoms with Crippen LogP contribution in [0.25, 0.3) is 0 Å². The summed E-state index contributed by atoms with van der Waals surface area (Å²) in [6.45, 7) is 8.01. The molecule has 5 fully saturated rings. The average molecular weight is 358 g/mol. The van der Waals surface area contributed by atoms with Crippen molar-refractivity contribution in [2.24, 2.45) is 40.9 Å². The monoisotopic (exact) mass is 357 g/mol. The van der Waals surface area contributed by atoms with Crippen molar-refractivity contribution in [3.8, 4) is 0 Å². The van der Waals surface area contributed by atoms with Crippen molar-refractivity contribution in [1.29, 1.82) is 0 Å². The molecule has 0 radical (unpaired) electrons. The Morgan fingerprint density at radius 3 is 1.73 bits per heavy atom. The molecule has 0 amide bonds. The second kappa shape index (κ2) is 7.09. The van der Waals surface area contributed by atoms with Gasteiger partial charge in [0.05, 0.1) is 0 Å². The van der Waals surface area contributed by atoms with Gasteiger partial charge in [0.25, 0.3) is 0 Å². The fraction of sp³-hybridized carbons (Fsp3) is 1.00. The summed E-state index contributed by atoms with van der Waals surface area (Å²) in [5, 5.41) is 0. The Bertz CT molecular complexity index is 456. The summed E-state index contributed by atoms with van der Waals surface area (Å²) < 4.78 is 0. The zero-order chi connectivity index (χ0) is 17.7. The van der Waals surface area contributed by atoms with Crippen LogP contribution in [0.4, 0.5) is 0 Å². The quantitative estimate of drug-likeness (QED) is 0.516. The topological polar surface area (TPSA) is 3.24 Å². The molecule has 1 spiro atoms. The molecule has 1 nitrogen and oxygen atoms in total.